The lowest BCUT2D eigenvalue weighted by atomic mass is 9.83. The number of nitrogens with zero attached hydrogens (tertiary/aromatic N) is 3. The van der Waals surface area contributed by atoms with Crippen molar-refractivity contribution in [2.45, 2.75) is 44.4 Å². The lowest BCUT2D eigenvalue weighted by Gasteiger charge is -2.45. The van der Waals surface area contributed by atoms with Gasteiger partial charge in [0.1, 0.15) is 29.3 Å². The van der Waals surface area contributed by atoms with Crippen LogP contribution >= 0.6 is 0 Å². The van der Waals surface area contributed by atoms with Gasteiger partial charge in [-0.1, -0.05) is 6.92 Å². The SMILES string of the molecule is CCNc1cc(F)cc2c1NC(=O)C2(CC)N1CC[C@H](F)[C@@H](Nc2ccc(C#N)nc2)C1. The normalized spacial score (nSPS) is 25.0. The topological polar surface area (TPSA) is 93.1 Å². The molecular formula is C23H26F2N6O. The molecule has 1 aromatic heterocycles. The predicted molar refractivity (Wildman–Crippen MR) is 119 cm³/mol. The smallest absolute Gasteiger partial charge is 0.249 e. The number of benzene rings is 1. The van der Waals surface area contributed by atoms with E-state index in [-0.39, 0.29) is 24.6 Å². The number of hydrogen-bond acceptors (Lipinski definition) is 6. The van der Waals surface area contributed by atoms with Crippen molar-refractivity contribution in [3.05, 3.63) is 47.5 Å². The van der Waals surface area contributed by atoms with E-state index >= 15 is 0 Å². The van der Waals surface area contributed by atoms with Crippen LogP contribution in [0.3, 0.4) is 0 Å². The first kappa shape index (κ1) is 22.0. The number of carbonyl (C=O) groups is 1. The van der Waals surface area contributed by atoms with Crippen LogP contribution in [-0.4, -0.2) is 47.6 Å². The van der Waals surface area contributed by atoms with Crippen molar-refractivity contribution in [3.8, 4) is 6.07 Å². The van der Waals surface area contributed by atoms with Gasteiger partial charge in [-0.3, -0.25) is 9.69 Å². The molecule has 0 bridgehead atoms. The predicted octanol–water partition coefficient (Wildman–Crippen LogP) is 3.61. The van der Waals surface area contributed by atoms with Crippen LogP contribution in [0.1, 0.15) is 37.9 Å². The molecule has 7 nitrogen and oxygen atoms in total. The van der Waals surface area contributed by atoms with Gasteiger partial charge in [0.05, 0.1) is 29.3 Å². The molecule has 2 aliphatic heterocycles. The summed E-state index contributed by atoms with van der Waals surface area (Å²) in [6.45, 7) is 5.01. The summed E-state index contributed by atoms with van der Waals surface area (Å²) in [6, 6.07) is 7.41. The first-order chi connectivity index (χ1) is 15.4. The van der Waals surface area contributed by atoms with Crippen LogP contribution in [0.25, 0.3) is 0 Å². The molecule has 2 aliphatic rings. The monoisotopic (exact) mass is 440 g/mol. The Bertz CT molecular complexity index is 1050. The van der Waals surface area contributed by atoms with Gasteiger partial charge in [-0.15, -0.1) is 0 Å². The molecule has 1 unspecified atom stereocenters. The largest absolute Gasteiger partial charge is 0.384 e. The van der Waals surface area contributed by atoms with Crippen LogP contribution in [0.15, 0.2) is 30.5 Å². The van der Waals surface area contributed by atoms with Crippen molar-refractivity contribution in [1.29, 1.82) is 5.26 Å². The standard InChI is InChI=1S/C23H26F2N6O/c1-3-23(17-9-14(24)10-19(27-4-2)21(17)30-22(23)32)31-8-7-18(25)20(13-31)29-16-6-5-15(11-26)28-12-16/h5-6,9-10,12,18,20,27,29H,3-4,7-8,13H2,1-2H3,(H,30,32)/t18-,20-,23?/m0/s1. The van der Waals surface area contributed by atoms with E-state index in [9.17, 15) is 13.6 Å². The number of fused-ring (bicyclic) bond motifs is 1. The number of nitrogens with one attached hydrogen (secondary N) is 3. The summed E-state index contributed by atoms with van der Waals surface area (Å²) in [5.74, 6) is -0.649. The van der Waals surface area contributed by atoms with Crippen molar-refractivity contribution < 1.29 is 13.6 Å². The van der Waals surface area contributed by atoms with Gasteiger partial charge >= 0.3 is 0 Å². The third kappa shape index (κ3) is 3.65. The Morgan fingerprint density at radius 1 is 1.38 bits per heavy atom. The zero-order valence-electron chi connectivity index (χ0n) is 18.1. The maximum Gasteiger partial charge on any atom is 0.249 e. The van der Waals surface area contributed by atoms with Crippen LogP contribution in [-0.2, 0) is 10.3 Å². The number of rotatable bonds is 6. The van der Waals surface area contributed by atoms with Crippen LogP contribution < -0.4 is 16.0 Å². The van der Waals surface area contributed by atoms with E-state index in [1.165, 1.54) is 18.3 Å². The Hall–Kier alpha value is -3.25. The number of carbonyl (C=O) groups excluding carboxylic acids is 1. The summed E-state index contributed by atoms with van der Waals surface area (Å²) in [7, 11) is 0. The maximum absolute atomic E-state index is 14.9. The Morgan fingerprint density at radius 3 is 2.84 bits per heavy atom. The average Bonchev–Trinajstić information content (AvgIpc) is 3.08. The van der Waals surface area contributed by atoms with Crippen LogP contribution in [0.2, 0.25) is 0 Å². The first-order valence-corrected chi connectivity index (χ1v) is 10.8. The lowest BCUT2D eigenvalue weighted by Crippen LogP contribution is -2.59. The van der Waals surface area contributed by atoms with E-state index in [1.807, 2.05) is 24.8 Å². The number of alkyl halides is 1. The van der Waals surface area contributed by atoms with Gasteiger partial charge in [0, 0.05) is 25.2 Å². The number of piperidine rings is 1. The molecule has 0 aliphatic carbocycles. The molecule has 0 saturated carbocycles. The van der Waals surface area contributed by atoms with Gasteiger partial charge in [0.15, 0.2) is 0 Å². The summed E-state index contributed by atoms with van der Waals surface area (Å²) in [4.78, 5) is 19.3. The minimum absolute atomic E-state index is 0.226. The van der Waals surface area contributed by atoms with Crippen molar-refractivity contribution >= 4 is 23.0 Å². The highest BCUT2D eigenvalue weighted by molar-refractivity contribution is 6.08. The number of aromatic nitrogens is 1. The maximum atomic E-state index is 14.9. The average molecular weight is 440 g/mol. The Morgan fingerprint density at radius 2 is 2.19 bits per heavy atom. The van der Waals surface area contributed by atoms with Gasteiger partial charge in [-0.25, -0.2) is 13.8 Å². The van der Waals surface area contributed by atoms with Crippen molar-refractivity contribution in [1.82, 2.24) is 9.88 Å². The number of anilines is 3. The number of hydrogen-bond donors (Lipinski definition) is 3. The molecule has 3 heterocycles. The number of nitriles is 1. The summed E-state index contributed by atoms with van der Waals surface area (Å²) >= 11 is 0. The molecule has 1 aromatic carbocycles. The van der Waals surface area contributed by atoms with E-state index in [2.05, 4.69) is 20.9 Å². The molecule has 0 radical (unpaired) electrons. The second-order valence-corrected chi connectivity index (χ2v) is 8.12. The van der Waals surface area contributed by atoms with Crippen LogP contribution in [0.4, 0.5) is 25.8 Å². The fraction of sp³-hybridized carbons (Fsp3) is 0.435. The molecule has 168 valence electrons. The Labute approximate surface area is 185 Å². The highest BCUT2D eigenvalue weighted by Gasteiger charge is 2.52. The van der Waals surface area contributed by atoms with Gasteiger partial charge in [-0.05, 0) is 44.0 Å². The first-order valence-electron chi connectivity index (χ1n) is 10.8. The van der Waals surface area contributed by atoms with Crippen molar-refractivity contribution in [2.24, 2.45) is 0 Å². The molecule has 9 heteroatoms. The van der Waals surface area contributed by atoms with Gasteiger partial charge in [-0.2, -0.15) is 5.26 Å². The van der Waals surface area contributed by atoms with Gasteiger partial charge in [0.25, 0.3) is 0 Å². The third-order valence-corrected chi connectivity index (χ3v) is 6.34. The molecular weight excluding hydrogens is 414 g/mol. The summed E-state index contributed by atoms with van der Waals surface area (Å²) in [5, 5.41) is 18.1. The Kier molecular flexibility index (Phi) is 5.98. The zero-order chi connectivity index (χ0) is 22.9. The third-order valence-electron chi connectivity index (χ3n) is 6.34. The molecule has 2 aromatic rings. The molecule has 4 rings (SSSR count). The number of likely N-dealkylation sites (tertiary alicyclic amines) is 1. The summed E-state index contributed by atoms with van der Waals surface area (Å²) in [6.07, 6.45) is 1.03. The number of amides is 1. The van der Waals surface area contributed by atoms with E-state index in [4.69, 9.17) is 5.26 Å². The number of halogens is 2. The highest BCUT2D eigenvalue weighted by atomic mass is 19.1. The van der Waals surface area contributed by atoms with E-state index in [0.29, 0.717) is 42.1 Å². The van der Waals surface area contributed by atoms with E-state index in [0.717, 1.165) is 0 Å². The second-order valence-electron chi connectivity index (χ2n) is 8.12. The number of pyridine rings is 1. The summed E-state index contributed by atoms with van der Waals surface area (Å²) < 4.78 is 29.4. The van der Waals surface area contributed by atoms with Gasteiger partial charge < -0.3 is 16.0 Å². The molecule has 0 spiro atoms. The second kappa shape index (κ2) is 8.71. The zero-order valence-corrected chi connectivity index (χ0v) is 18.1. The van der Waals surface area contributed by atoms with Crippen LogP contribution in [0.5, 0.6) is 0 Å². The van der Waals surface area contributed by atoms with E-state index in [1.54, 1.807) is 12.1 Å². The van der Waals surface area contributed by atoms with Crippen molar-refractivity contribution in [3.63, 3.8) is 0 Å². The minimum atomic E-state index is -1.12. The molecule has 1 amide bonds. The van der Waals surface area contributed by atoms with Crippen molar-refractivity contribution in [2.75, 3.05) is 35.6 Å². The highest BCUT2D eigenvalue weighted by Crippen LogP contribution is 2.47. The molecule has 3 atom stereocenters. The van der Waals surface area contributed by atoms with E-state index < -0.39 is 23.6 Å². The fourth-order valence-corrected chi connectivity index (χ4v) is 4.79. The molecule has 1 saturated heterocycles. The quantitative estimate of drug-likeness (QED) is 0.636. The lowest BCUT2D eigenvalue weighted by molar-refractivity contribution is -0.129. The Balaban J connectivity index is 1.66. The minimum Gasteiger partial charge on any atom is -0.384 e. The molecule has 3 N–H and O–H groups in total. The molecule has 1 fully saturated rings. The van der Waals surface area contributed by atoms with Gasteiger partial charge in [0.2, 0.25) is 5.91 Å². The summed E-state index contributed by atoms with van der Waals surface area (Å²) in [5.41, 5.74) is 1.51. The fourth-order valence-electron chi connectivity index (χ4n) is 4.79. The molecule has 32 heavy (non-hydrogen) atoms. The van der Waals surface area contributed by atoms with Crippen LogP contribution in [0, 0.1) is 17.1 Å².